The van der Waals surface area contributed by atoms with Gasteiger partial charge in [0.25, 0.3) is 5.91 Å². The number of benzene rings is 2. The average molecular weight is 355 g/mol. The van der Waals surface area contributed by atoms with E-state index in [4.69, 9.17) is 9.47 Å². The standard InChI is InChI=1S/C21H25NO4/c1-25-19(17-13-7-4-8-14-17)20(23)22-18(21(24)26-2)15-9-12-16-10-5-3-6-11-16/h3-8,10-11,13-14,18-19H,9,12,15H2,1-2H3,(H,22,23)/t18-,19+/m1/s1. The van der Waals surface area contributed by atoms with Gasteiger partial charge in [-0.3, -0.25) is 4.79 Å². The monoisotopic (exact) mass is 355 g/mol. The first-order chi connectivity index (χ1) is 12.7. The number of esters is 1. The van der Waals surface area contributed by atoms with Crippen LogP contribution in [0, 0.1) is 0 Å². The van der Waals surface area contributed by atoms with E-state index in [1.807, 2.05) is 60.7 Å². The largest absolute Gasteiger partial charge is 0.467 e. The number of hydrogen-bond acceptors (Lipinski definition) is 4. The van der Waals surface area contributed by atoms with Gasteiger partial charge in [0.1, 0.15) is 6.04 Å². The third kappa shape index (κ3) is 5.70. The molecule has 5 nitrogen and oxygen atoms in total. The van der Waals surface area contributed by atoms with Crippen molar-refractivity contribution in [2.45, 2.75) is 31.4 Å². The summed E-state index contributed by atoms with van der Waals surface area (Å²) in [5, 5.41) is 2.77. The number of ether oxygens (including phenoxy) is 2. The molecule has 2 rings (SSSR count). The van der Waals surface area contributed by atoms with Crippen LogP contribution in [0.4, 0.5) is 0 Å². The van der Waals surface area contributed by atoms with Crippen LogP contribution >= 0.6 is 0 Å². The number of rotatable bonds is 9. The highest BCUT2D eigenvalue weighted by atomic mass is 16.5. The predicted octanol–water partition coefficient (Wildman–Crippen LogP) is 3.05. The molecule has 0 saturated carbocycles. The fraction of sp³-hybridized carbons (Fsp3) is 0.333. The molecule has 0 unspecified atom stereocenters. The van der Waals surface area contributed by atoms with E-state index in [9.17, 15) is 9.59 Å². The van der Waals surface area contributed by atoms with E-state index in [1.165, 1.54) is 19.8 Å². The van der Waals surface area contributed by atoms with Crippen LogP contribution in [0.25, 0.3) is 0 Å². The first kappa shape index (κ1) is 19.7. The lowest BCUT2D eigenvalue weighted by Gasteiger charge is -2.21. The molecule has 0 aliphatic carbocycles. The van der Waals surface area contributed by atoms with Crippen molar-refractivity contribution in [1.82, 2.24) is 5.32 Å². The van der Waals surface area contributed by atoms with Gasteiger partial charge >= 0.3 is 5.97 Å². The topological polar surface area (TPSA) is 64.6 Å². The minimum Gasteiger partial charge on any atom is -0.467 e. The Hall–Kier alpha value is -2.66. The van der Waals surface area contributed by atoms with Crippen LogP contribution in [0.5, 0.6) is 0 Å². The minimum absolute atomic E-state index is 0.353. The highest BCUT2D eigenvalue weighted by Crippen LogP contribution is 2.17. The van der Waals surface area contributed by atoms with Crippen LogP contribution in [-0.2, 0) is 25.5 Å². The second-order valence-electron chi connectivity index (χ2n) is 5.99. The summed E-state index contributed by atoms with van der Waals surface area (Å²) in [6.07, 6.45) is 1.32. The molecule has 0 aliphatic heterocycles. The van der Waals surface area contributed by atoms with Crippen molar-refractivity contribution in [2.24, 2.45) is 0 Å². The normalized spacial score (nSPS) is 12.8. The quantitative estimate of drug-likeness (QED) is 0.702. The van der Waals surface area contributed by atoms with Gasteiger partial charge in [-0.2, -0.15) is 0 Å². The van der Waals surface area contributed by atoms with Gasteiger partial charge in [-0.15, -0.1) is 0 Å². The molecule has 0 aliphatic rings. The predicted molar refractivity (Wildman–Crippen MR) is 99.5 cm³/mol. The Kier molecular flexibility index (Phi) is 7.83. The van der Waals surface area contributed by atoms with Crippen molar-refractivity contribution in [3.63, 3.8) is 0 Å². The summed E-state index contributed by atoms with van der Waals surface area (Å²) < 4.78 is 10.2. The highest BCUT2D eigenvalue weighted by Gasteiger charge is 2.26. The summed E-state index contributed by atoms with van der Waals surface area (Å²) in [7, 11) is 2.80. The van der Waals surface area contributed by atoms with E-state index in [0.717, 1.165) is 18.4 Å². The molecule has 138 valence electrons. The van der Waals surface area contributed by atoms with Gasteiger partial charge in [0, 0.05) is 7.11 Å². The summed E-state index contributed by atoms with van der Waals surface area (Å²) in [5.74, 6) is -0.803. The third-order valence-electron chi connectivity index (χ3n) is 4.18. The Labute approximate surface area is 154 Å². The third-order valence-corrected chi connectivity index (χ3v) is 4.18. The van der Waals surface area contributed by atoms with Crippen LogP contribution in [0.1, 0.15) is 30.1 Å². The molecule has 1 N–H and O–H groups in total. The Morgan fingerprint density at radius 3 is 2.15 bits per heavy atom. The minimum atomic E-state index is -0.766. The average Bonchev–Trinajstić information content (AvgIpc) is 2.69. The van der Waals surface area contributed by atoms with Gasteiger partial charge in [0.2, 0.25) is 0 Å². The molecular formula is C21H25NO4. The zero-order valence-electron chi connectivity index (χ0n) is 15.2. The van der Waals surface area contributed by atoms with Crippen LogP contribution in [0.2, 0.25) is 0 Å². The summed E-state index contributed by atoms with van der Waals surface area (Å²) in [6, 6.07) is 18.5. The Balaban J connectivity index is 1.97. The molecule has 0 saturated heterocycles. The second-order valence-corrected chi connectivity index (χ2v) is 5.99. The van der Waals surface area contributed by atoms with Crippen LogP contribution in [0.3, 0.4) is 0 Å². The molecule has 0 radical (unpaired) electrons. The van der Waals surface area contributed by atoms with Crippen LogP contribution in [0.15, 0.2) is 60.7 Å². The molecule has 0 aromatic heterocycles. The Morgan fingerprint density at radius 2 is 1.58 bits per heavy atom. The van der Waals surface area contributed by atoms with Gasteiger partial charge in [-0.1, -0.05) is 60.7 Å². The highest BCUT2D eigenvalue weighted by molar-refractivity contribution is 5.87. The van der Waals surface area contributed by atoms with Crippen molar-refractivity contribution in [3.8, 4) is 0 Å². The van der Waals surface area contributed by atoms with E-state index in [-0.39, 0.29) is 5.91 Å². The Bertz CT molecular complexity index is 688. The fourth-order valence-corrected chi connectivity index (χ4v) is 2.82. The molecular weight excluding hydrogens is 330 g/mol. The number of amides is 1. The zero-order valence-corrected chi connectivity index (χ0v) is 15.2. The van der Waals surface area contributed by atoms with Crippen LogP contribution in [-0.4, -0.2) is 32.1 Å². The summed E-state index contributed by atoms with van der Waals surface area (Å²) in [6.45, 7) is 0. The van der Waals surface area contributed by atoms with Crippen molar-refractivity contribution < 1.29 is 19.1 Å². The molecule has 0 bridgehead atoms. The molecule has 2 aromatic rings. The van der Waals surface area contributed by atoms with E-state index < -0.39 is 18.1 Å². The van der Waals surface area contributed by atoms with Crippen molar-refractivity contribution in [2.75, 3.05) is 14.2 Å². The molecule has 26 heavy (non-hydrogen) atoms. The summed E-state index contributed by atoms with van der Waals surface area (Å²) in [5.41, 5.74) is 1.93. The maximum atomic E-state index is 12.6. The molecule has 0 fully saturated rings. The number of hydrogen-bond donors (Lipinski definition) is 1. The lowest BCUT2D eigenvalue weighted by Crippen LogP contribution is -2.44. The lowest BCUT2D eigenvalue weighted by atomic mass is 10.0. The zero-order chi connectivity index (χ0) is 18.8. The number of nitrogens with one attached hydrogen (secondary N) is 1. The van der Waals surface area contributed by atoms with Crippen LogP contribution < -0.4 is 5.32 Å². The summed E-state index contributed by atoms with van der Waals surface area (Å²) in [4.78, 5) is 24.7. The maximum Gasteiger partial charge on any atom is 0.328 e. The van der Waals surface area contributed by atoms with Crippen molar-refractivity contribution in [1.29, 1.82) is 0 Å². The van der Waals surface area contributed by atoms with E-state index in [2.05, 4.69) is 5.32 Å². The lowest BCUT2D eigenvalue weighted by molar-refractivity contribution is -0.147. The maximum absolute atomic E-state index is 12.6. The molecule has 2 atom stereocenters. The first-order valence-electron chi connectivity index (χ1n) is 8.65. The SMILES string of the molecule is COC(=O)[C@@H](CCCc1ccccc1)NC(=O)[C@@H](OC)c1ccccc1. The number of carbonyl (C=O) groups excluding carboxylic acids is 2. The van der Waals surface area contributed by atoms with Crippen molar-refractivity contribution >= 4 is 11.9 Å². The van der Waals surface area contributed by atoms with Gasteiger partial charge in [0.05, 0.1) is 7.11 Å². The van der Waals surface area contributed by atoms with E-state index in [1.54, 1.807) is 0 Å². The number of aryl methyl sites for hydroxylation is 1. The summed E-state index contributed by atoms with van der Waals surface area (Å²) >= 11 is 0. The van der Waals surface area contributed by atoms with Gasteiger partial charge in [-0.25, -0.2) is 4.79 Å². The second kappa shape index (κ2) is 10.4. The molecule has 2 aromatic carbocycles. The molecule has 0 spiro atoms. The molecule has 1 amide bonds. The van der Waals surface area contributed by atoms with E-state index >= 15 is 0 Å². The smallest absolute Gasteiger partial charge is 0.328 e. The fourth-order valence-electron chi connectivity index (χ4n) is 2.82. The van der Waals surface area contributed by atoms with Gasteiger partial charge in [0.15, 0.2) is 6.10 Å². The first-order valence-corrected chi connectivity index (χ1v) is 8.65. The van der Waals surface area contributed by atoms with Crippen molar-refractivity contribution in [3.05, 3.63) is 71.8 Å². The Morgan fingerprint density at radius 1 is 0.962 bits per heavy atom. The number of carbonyl (C=O) groups is 2. The van der Waals surface area contributed by atoms with Gasteiger partial charge < -0.3 is 14.8 Å². The molecule has 0 heterocycles. The van der Waals surface area contributed by atoms with Gasteiger partial charge in [-0.05, 0) is 30.4 Å². The number of methoxy groups -OCH3 is 2. The van der Waals surface area contributed by atoms with E-state index in [0.29, 0.717) is 6.42 Å². The molecule has 5 heteroatoms.